The summed E-state index contributed by atoms with van der Waals surface area (Å²) in [5.74, 6) is 0. The molecule has 1 amide bonds. The summed E-state index contributed by atoms with van der Waals surface area (Å²) >= 11 is 0. The first-order valence-electron chi connectivity index (χ1n) is 5.57. The molecule has 0 saturated carbocycles. The van der Waals surface area contributed by atoms with Crippen molar-refractivity contribution < 1.29 is 19.7 Å². The third kappa shape index (κ3) is 3.64. The van der Waals surface area contributed by atoms with Crippen LogP contribution < -0.4 is 0 Å². The normalized spacial score (nSPS) is 26.7. The van der Waals surface area contributed by atoms with Gasteiger partial charge in [-0.05, 0) is 33.6 Å². The molecular weight excluding hydrogens is 210 g/mol. The Morgan fingerprint density at radius 2 is 2.12 bits per heavy atom. The van der Waals surface area contributed by atoms with Gasteiger partial charge in [-0.3, -0.25) is 0 Å². The van der Waals surface area contributed by atoms with E-state index in [0.29, 0.717) is 19.4 Å². The molecule has 0 aromatic rings. The van der Waals surface area contributed by atoms with Gasteiger partial charge in [-0.2, -0.15) is 0 Å². The molecule has 1 rings (SSSR count). The summed E-state index contributed by atoms with van der Waals surface area (Å²) in [5, 5.41) is 19.0. The van der Waals surface area contributed by atoms with Crippen molar-refractivity contribution in [3.8, 4) is 0 Å². The highest BCUT2D eigenvalue weighted by Crippen LogP contribution is 2.22. The van der Waals surface area contributed by atoms with Gasteiger partial charge in [0.2, 0.25) is 0 Å². The molecule has 1 heterocycles. The Kier molecular flexibility index (Phi) is 3.80. The van der Waals surface area contributed by atoms with Gasteiger partial charge in [0.25, 0.3) is 0 Å². The van der Waals surface area contributed by atoms with Crippen LogP contribution in [0.4, 0.5) is 4.79 Å². The van der Waals surface area contributed by atoms with Gasteiger partial charge in [0.05, 0.1) is 13.2 Å². The van der Waals surface area contributed by atoms with E-state index < -0.39 is 17.3 Å². The summed E-state index contributed by atoms with van der Waals surface area (Å²) in [6.45, 7) is 5.77. The lowest BCUT2D eigenvalue weighted by atomic mass is 9.94. The molecule has 1 aliphatic heterocycles. The largest absolute Gasteiger partial charge is 0.444 e. The van der Waals surface area contributed by atoms with Crippen LogP contribution in [-0.2, 0) is 4.74 Å². The predicted octanol–water partition coefficient (Wildman–Crippen LogP) is 0.741. The van der Waals surface area contributed by atoms with Crippen LogP contribution in [-0.4, -0.2) is 52.1 Å². The third-order valence-corrected chi connectivity index (χ3v) is 2.50. The number of carbonyl (C=O) groups excluding carboxylic acids is 1. The maximum atomic E-state index is 11.7. The van der Waals surface area contributed by atoms with Crippen molar-refractivity contribution in [3.05, 3.63) is 0 Å². The van der Waals surface area contributed by atoms with Crippen LogP contribution >= 0.6 is 0 Å². The molecule has 0 aromatic heterocycles. The molecule has 1 atom stereocenters. The minimum absolute atomic E-state index is 0.137. The Morgan fingerprint density at radius 3 is 2.62 bits per heavy atom. The van der Waals surface area contributed by atoms with Gasteiger partial charge in [-0.1, -0.05) is 0 Å². The van der Waals surface area contributed by atoms with E-state index in [1.165, 1.54) is 4.90 Å². The van der Waals surface area contributed by atoms with Gasteiger partial charge in [0.1, 0.15) is 11.2 Å². The predicted molar refractivity (Wildman–Crippen MR) is 59.1 cm³/mol. The van der Waals surface area contributed by atoms with E-state index in [2.05, 4.69) is 0 Å². The molecule has 5 nitrogen and oxygen atoms in total. The lowest BCUT2D eigenvalue weighted by molar-refractivity contribution is -0.0704. The van der Waals surface area contributed by atoms with Crippen LogP contribution in [0.5, 0.6) is 0 Å². The molecule has 0 aromatic carbocycles. The molecule has 5 heteroatoms. The van der Waals surface area contributed by atoms with Gasteiger partial charge in [0, 0.05) is 6.54 Å². The minimum Gasteiger partial charge on any atom is -0.444 e. The van der Waals surface area contributed by atoms with E-state index in [0.717, 1.165) is 0 Å². The second-order valence-corrected chi connectivity index (χ2v) is 5.39. The average molecular weight is 231 g/mol. The van der Waals surface area contributed by atoms with Crippen molar-refractivity contribution in [2.24, 2.45) is 0 Å². The Hall–Kier alpha value is -0.810. The van der Waals surface area contributed by atoms with Gasteiger partial charge in [-0.15, -0.1) is 0 Å². The molecule has 1 saturated heterocycles. The Labute approximate surface area is 96.0 Å². The lowest BCUT2D eigenvalue weighted by Gasteiger charge is -2.38. The molecule has 0 bridgehead atoms. The van der Waals surface area contributed by atoms with E-state index in [1.54, 1.807) is 20.8 Å². The number of carbonyl (C=O) groups is 1. The maximum absolute atomic E-state index is 11.7. The van der Waals surface area contributed by atoms with E-state index >= 15 is 0 Å². The molecule has 2 N–H and O–H groups in total. The number of β-amino-alcohol motifs (C(OH)–C–C–N with tert-alkyl or cyclic N) is 1. The number of piperidine rings is 1. The van der Waals surface area contributed by atoms with Gasteiger partial charge in [0.15, 0.2) is 0 Å². The minimum atomic E-state index is -1.17. The first-order valence-corrected chi connectivity index (χ1v) is 5.57. The average Bonchev–Trinajstić information content (AvgIpc) is 2.15. The Bertz CT molecular complexity index is 261. The smallest absolute Gasteiger partial charge is 0.410 e. The number of aliphatic hydroxyl groups excluding tert-OH is 1. The van der Waals surface area contributed by atoms with Crippen molar-refractivity contribution in [3.63, 3.8) is 0 Å². The number of hydrogen-bond donors (Lipinski definition) is 2. The van der Waals surface area contributed by atoms with Crippen LogP contribution in [0.3, 0.4) is 0 Å². The first kappa shape index (κ1) is 13.3. The number of rotatable bonds is 1. The lowest BCUT2D eigenvalue weighted by Crippen LogP contribution is -2.53. The summed E-state index contributed by atoms with van der Waals surface area (Å²) in [6, 6.07) is 0. The first-order chi connectivity index (χ1) is 7.26. The SMILES string of the molecule is CC(C)(C)OC(=O)N1CCC[C@@](O)(CO)C1. The Morgan fingerprint density at radius 1 is 1.50 bits per heavy atom. The summed E-state index contributed by atoms with van der Waals surface area (Å²) in [7, 11) is 0. The molecule has 0 spiro atoms. The zero-order valence-electron chi connectivity index (χ0n) is 10.2. The van der Waals surface area contributed by atoms with Crippen LogP contribution in [0, 0.1) is 0 Å². The quantitative estimate of drug-likeness (QED) is 0.698. The monoisotopic (exact) mass is 231 g/mol. The fourth-order valence-corrected chi connectivity index (χ4v) is 1.72. The number of likely N-dealkylation sites (tertiary alicyclic amines) is 1. The van der Waals surface area contributed by atoms with Crippen molar-refractivity contribution in [2.75, 3.05) is 19.7 Å². The second-order valence-electron chi connectivity index (χ2n) is 5.39. The Balaban J connectivity index is 2.57. The van der Waals surface area contributed by atoms with E-state index in [-0.39, 0.29) is 13.2 Å². The molecule has 0 radical (unpaired) electrons. The molecule has 1 aliphatic rings. The van der Waals surface area contributed by atoms with E-state index in [1.807, 2.05) is 0 Å². The van der Waals surface area contributed by atoms with Gasteiger partial charge >= 0.3 is 6.09 Å². The van der Waals surface area contributed by atoms with Crippen molar-refractivity contribution in [1.82, 2.24) is 4.90 Å². The zero-order chi connectivity index (χ0) is 12.4. The van der Waals surface area contributed by atoms with Crippen LogP contribution in [0.25, 0.3) is 0 Å². The van der Waals surface area contributed by atoms with Gasteiger partial charge in [-0.25, -0.2) is 4.79 Å². The third-order valence-electron chi connectivity index (χ3n) is 2.50. The molecule has 16 heavy (non-hydrogen) atoms. The number of ether oxygens (including phenoxy) is 1. The highest BCUT2D eigenvalue weighted by molar-refractivity contribution is 5.68. The fraction of sp³-hybridized carbons (Fsp3) is 0.909. The standard InChI is InChI=1S/C11H21NO4/c1-10(2,3)16-9(14)12-6-4-5-11(15,7-12)8-13/h13,15H,4-8H2,1-3H3/t11-/m0/s1. The van der Waals surface area contributed by atoms with Crippen molar-refractivity contribution >= 4 is 6.09 Å². The molecule has 0 unspecified atom stereocenters. The van der Waals surface area contributed by atoms with Crippen LogP contribution in [0.1, 0.15) is 33.6 Å². The number of hydrogen-bond acceptors (Lipinski definition) is 4. The number of amides is 1. The topological polar surface area (TPSA) is 70.0 Å². The molecular formula is C11H21NO4. The van der Waals surface area contributed by atoms with Gasteiger partial charge < -0.3 is 19.8 Å². The summed E-state index contributed by atoms with van der Waals surface area (Å²) in [6.07, 6.45) is 0.762. The number of nitrogens with zero attached hydrogens (tertiary/aromatic N) is 1. The number of aliphatic hydroxyl groups is 2. The van der Waals surface area contributed by atoms with E-state index in [4.69, 9.17) is 9.84 Å². The molecule has 1 fully saturated rings. The highest BCUT2D eigenvalue weighted by Gasteiger charge is 2.36. The van der Waals surface area contributed by atoms with E-state index in [9.17, 15) is 9.90 Å². The van der Waals surface area contributed by atoms with Crippen LogP contribution in [0.2, 0.25) is 0 Å². The summed E-state index contributed by atoms with van der Waals surface area (Å²) < 4.78 is 5.21. The second kappa shape index (κ2) is 4.59. The van der Waals surface area contributed by atoms with Crippen molar-refractivity contribution in [1.29, 1.82) is 0 Å². The highest BCUT2D eigenvalue weighted by atomic mass is 16.6. The van der Waals surface area contributed by atoms with Crippen molar-refractivity contribution in [2.45, 2.75) is 44.8 Å². The summed E-state index contributed by atoms with van der Waals surface area (Å²) in [4.78, 5) is 13.2. The summed E-state index contributed by atoms with van der Waals surface area (Å²) in [5.41, 5.74) is -1.71. The zero-order valence-corrected chi connectivity index (χ0v) is 10.2. The maximum Gasteiger partial charge on any atom is 0.410 e. The fourth-order valence-electron chi connectivity index (χ4n) is 1.72. The van der Waals surface area contributed by atoms with Crippen LogP contribution in [0.15, 0.2) is 0 Å². The molecule has 94 valence electrons. The molecule has 0 aliphatic carbocycles.